The number of piperazine rings is 1. The number of fused-ring (bicyclic) bond motifs is 1. The summed E-state index contributed by atoms with van der Waals surface area (Å²) >= 11 is 0. The minimum atomic E-state index is -0.398. The Morgan fingerprint density at radius 1 is 1.03 bits per heavy atom. The zero-order valence-electron chi connectivity index (χ0n) is 20.8. The minimum Gasteiger partial charge on any atom is -0.497 e. The van der Waals surface area contributed by atoms with Crippen LogP contribution in [0.1, 0.15) is 49.2 Å². The number of nitrogens with one attached hydrogen (secondary N) is 1. The molecule has 2 aliphatic rings. The Kier molecular flexibility index (Phi) is 6.33. The molecule has 1 unspecified atom stereocenters. The highest BCUT2D eigenvalue weighted by molar-refractivity contribution is 5.80. The summed E-state index contributed by atoms with van der Waals surface area (Å²) in [5.74, 6) is 1.19. The molecule has 1 aliphatic heterocycles. The second-order valence-electron chi connectivity index (χ2n) is 9.83. The van der Waals surface area contributed by atoms with Gasteiger partial charge in [0.25, 0.3) is 5.56 Å². The van der Waals surface area contributed by atoms with E-state index in [-0.39, 0.29) is 17.4 Å². The van der Waals surface area contributed by atoms with E-state index in [0.29, 0.717) is 24.5 Å². The predicted molar refractivity (Wildman–Crippen MR) is 138 cm³/mol. The van der Waals surface area contributed by atoms with Crippen LogP contribution in [0.4, 0.5) is 10.1 Å². The van der Waals surface area contributed by atoms with Gasteiger partial charge >= 0.3 is 0 Å². The second-order valence-corrected chi connectivity index (χ2v) is 9.83. The quantitative estimate of drug-likeness (QED) is 0.429. The van der Waals surface area contributed by atoms with Crippen LogP contribution in [0.2, 0.25) is 0 Å². The van der Waals surface area contributed by atoms with Crippen LogP contribution in [-0.2, 0) is 0 Å². The van der Waals surface area contributed by atoms with Gasteiger partial charge in [-0.1, -0.05) is 12.8 Å². The van der Waals surface area contributed by atoms with Crippen LogP contribution in [0.15, 0.2) is 53.3 Å². The lowest BCUT2D eigenvalue weighted by Gasteiger charge is -2.39. The maximum absolute atomic E-state index is 13.5. The molecule has 4 aromatic rings. The molecule has 0 bridgehead atoms. The third-order valence-corrected chi connectivity index (χ3v) is 7.68. The van der Waals surface area contributed by atoms with Crippen LogP contribution in [0.25, 0.3) is 10.9 Å². The minimum absolute atomic E-state index is 0.149. The highest BCUT2D eigenvalue weighted by Crippen LogP contribution is 2.34. The molecule has 1 aliphatic carbocycles. The molecule has 6 rings (SSSR count). The van der Waals surface area contributed by atoms with Crippen molar-refractivity contribution >= 4 is 16.6 Å². The van der Waals surface area contributed by atoms with E-state index in [4.69, 9.17) is 4.74 Å². The fourth-order valence-electron chi connectivity index (χ4n) is 5.71. The number of pyridine rings is 1. The van der Waals surface area contributed by atoms with E-state index < -0.39 is 6.04 Å². The Balaban J connectivity index is 1.39. The van der Waals surface area contributed by atoms with Crippen LogP contribution < -0.4 is 15.2 Å². The van der Waals surface area contributed by atoms with E-state index in [0.717, 1.165) is 61.1 Å². The molecule has 192 valence electrons. The second kappa shape index (κ2) is 9.93. The lowest BCUT2D eigenvalue weighted by Crippen LogP contribution is -2.49. The molecule has 3 heterocycles. The van der Waals surface area contributed by atoms with Gasteiger partial charge in [0.1, 0.15) is 17.6 Å². The number of H-pyrrole nitrogens is 1. The normalized spacial score (nSPS) is 17.9. The number of anilines is 1. The van der Waals surface area contributed by atoms with E-state index in [1.165, 1.54) is 12.1 Å². The topological polar surface area (TPSA) is 92.2 Å². The number of aromatic nitrogens is 5. The molecule has 0 amide bonds. The number of halogens is 1. The van der Waals surface area contributed by atoms with E-state index in [1.807, 2.05) is 41.1 Å². The molecule has 37 heavy (non-hydrogen) atoms. The number of methoxy groups -OCH3 is 1. The van der Waals surface area contributed by atoms with Crippen LogP contribution in [0.3, 0.4) is 0 Å². The average molecular weight is 504 g/mol. The summed E-state index contributed by atoms with van der Waals surface area (Å²) in [5.41, 5.74) is 2.21. The Labute approximate surface area is 213 Å². The van der Waals surface area contributed by atoms with E-state index in [9.17, 15) is 9.18 Å². The molecule has 1 N–H and O–H groups in total. The first-order valence-corrected chi connectivity index (χ1v) is 12.8. The molecule has 1 atom stereocenters. The van der Waals surface area contributed by atoms with Crippen molar-refractivity contribution in [3.8, 4) is 5.75 Å². The summed E-state index contributed by atoms with van der Waals surface area (Å²) in [4.78, 5) is 21.1. The number of rotatable bonds is 6. The van der Waals surface area contributed by atoms with Gasteiger partial charge in [0, 0.05) is 48.3 Å². The number of hydrogen-bond donors (Lipinski definition) is 1. The van der Waals surface area contributed by atoms with Crippen molar-refractivity contribution in [2.24, 2.45) is 0 Å². The van der Waals surface area contributed by atoms with Gasteiger partial charge in [0.05, 0.1) is 13.2 Å². The third-order valence-electron chi connectivity index (χ3n) is 7.68. The zero-order valence-corrected chi connectivity index (χ0v) is 20.8. The summed E-state index contributed by atoms with van der Waals surface area (Å²) in [7, 11) is 1.63. The monoisotopic (exact) mass is 503 g/mol. The summed E-state index contributed by atoms with van der Waals surface area (Å²) in [5, 5.41) is 13.8. The fourth-order valence-corrected chi connectivity index (χ4v) is 5.71. The molecule has 1 saturated heterocycles. The Morgan fingerprint density at radius 2 is 1.78 bits per heavy atom. The van der Waals surface area contributed by atoms with Crippen LogP contribution in [0.5, 0.6) is 5.75 Å². The van der Waals surface area contributed by atoms with Gasteiger partial charge in [-0.05, 0) is 71.8 Å². The fraction of sp³-hybridized carbons (Fsp3) is 0.407. The van der Waals surface area contributed by atoms with Crippen molar-refractivity contribution in [3.63, 3.8) is 0 Å². The highest BCUT2D eigenvalue weighted by atomic mass is 19.1. The standard InChI is InChI=1S/C27H30FN7O2/c1-37-22-10-11-24-18(16-22)17-23(27(36)29-24)25(26-30-31-32-35(26)21-4-2-3-5-21)34-14-12-33(13-15-34)20-8-6-19(28)7-9-20/h6-11,16-17,21,25H,2-5,12-15H2,1H3,(H,29,36). The molecule has 2 fully saturated rings. The lowest BCUT2D eigenvalue weighted by atomic mass is 10.0. The molecular weight excluding hydrogens is 473 g/mol. The van der Waals surface area contributed by atoms with Crippen LogP contribution in [-0.4, -0.2) is 63.4 Å². The maximum atomic E-state index is 13.5. The van der Waals surface area contributed by atoms with Crippen LogP contribution >= 0.6 is 0 Å². The maximum Gasteiger partial charge on any atom is 0.253 e. The number of nitrogens with zero attached hydrogens (tertiary/aromatic N) is 6. The molecule has 2 aromatic carbocycles. The number of hydrogen-bond acceptors (Lipinski definition) is 7. The third kappa shape index (κ3) is 4.57. The van der Waals surface area contributed by atoms with Gasteiger partial charge in [0.15, 0.2) is 5.82 Å². The molecular formula is C27H30FN7O2. The molecule has 2 aromatic heterocycles. The first-order valence-electron chi connectivity index (χ1n) is 12.8. The Hall–Kier alpha value is -3.79. The highest BCUT2D eigenvalue weighted by Gasteiger charge is 2.34. The predicted octanol–water partition coefficient (Wildman–Crippen LogP) is 3.69. The van der Waals surface area contributed by atoms with Gasteiger partial charge in [-0.25, -0.2) is 9.07 Å². The summed E-state index contributed by atoms with van der Waals surface area (Å²) < 4.78 is 20.8. The number of tetrazole rings is 1. The van der Waals surface area contributed by atoms with Gasteiger partial charge in [-0.2, -0.15) is 0 Å². The van der Waals surface area contributed by atoms with E-state index >= 15 is 0 Å². The van der Waals surface area contributed by atoms with Crippen molar-refractivity contribution in [3.05, 3.63) is 76.1 Å². The number of aromatic amines is 1. The molecule has 9 nitrogen and oxygen atoms in total. The van der Waals surface area contributed by atoms with E-state index in [2.05, 4.69) is 30.3 Å². The lowest BCUT2D eigenvalue weighted by molar-refractivity contribution is 0.197. The van der Waals surface area contributed by atoms with Gasteiger partial charge in [-0.15, -0.1) is 5.10 Å². The van der Waals surface area contributed by atoms with Crippen LogP contribution in [0, 0.1) is 5.82 Å². The molecule has 10 heteroatoms. The molecule has 1 saturated carbocycles. The number of benzene rings is 2. The number of ether oxygens (including phenoxy) is 1. The summed E-state index contributed by atoms with van der Waals surface area (Å²) in [6, 6.07) is 14.0. The summed E-state index contributed by atoms with van der Waals surface area (Å²) in [6.07, 6.45) is 4.38. The van der Waals surface area contributed by atoms with E-state index in [1.54, 1.807) is 7.11 Å². The van der Waals surface area contributed by atoms with Gasteiger partial charge in [0.2, 0.25) is 0 Å². The first kappa shape index (κ1) is 23.6. The smallest absolute Gasteiger partial charge is 0.253 e. The Morgan fingerprint density at radius 3 is 2.51 bits per heavy atom. The van der Waals surface area contributed by atoms with Crippen molar-refractivity contribution in [1.29, 1.82) is 0 Å². The van der Waals surface area contributed by atoms with Crippen molar-refractivity contribution < 1.29 is 9.13 Å². The van der Waals surface area contributed by atoms with Crippen molar-refractivity contribution in [1.82, 2.24) is 30.1 Å². The van der Waals surface area contributed by atoms with Crippen molar-refractivity contribution in [2.45, 2.75) is 37.8 Å². The first-order chi connectivity index (χ1) is 18.1. The van der Waals surface area contributed by atoms with Gasteiger partial charge in [-0.3, -0.25) is 9.69 Å². The average Bonchev–Trinajstić information content (AvgIpc) is 3.62. The van der Waals surface area contributed by atoms with Gasteiger partial charge < -0.3 is 14.6 Å². The molecule has 0 spiro atoms. The Bertz CT molecular complexity index is 1440. The molecule has 0 radical (unpaired) electrons. The van der Waals surface area contributed by atoms with Crippen molar-refractivity contribution in [2.75, 3.05) is 38.2 Å². The summed E-state index contributed by atoms with van der Waals surface area (Å²) in [6.45, 7) is 2.89. The zero-order chi connectivity index (χ0) is 25.4. The SMILES string of the molecule is COc1ccc2[nH]c(=O)c(C(c3nnnn3C3CCCC3)N3CCN(c4ccc(F)cc4)CC3)cc2c1. The largest absolute Gasteiger partial charge is 0.497 e.